The van der Waals surface area contributed by atoms with Gasteiger partial charge in [0.05, 0.1) is 5.69 Å². The predicted molar refractivity (Wildman–Crippen MR) is 118 cm³/mol. The summed E-state index contributed by atoms with van der Waals surface area (Å²) >= 11 is 0. The molecule has 7 nitrogen and oxygen atoms in total. The van der Waals surface area contributed by atoms with Crippen LogP contribution in [0.1, 0.15) is 54.6 Å². The number of hydrogen-bond donors (Lipinski definition) is 2. The van der Waals surface area contributed by atoms with Gasteiger partial charge in [-0.15, -0.1) is 0 Å². The van der Waals surface area contributed by atoms with Gasteiger partial charge in [0.15, 0.2) is 5.65 Å². The van der Waals surface area contributed by atoms with Crippen molar-refractivity contribution in [1.82, 2.24) is 19.9 Å². The lowest BCUT2D eigenvalue weighted by Gasteiger charge is -2.18. The molecule has 0 unspecified atom stereocenters. The topological polar surface area (TPSA) is 88.4 Å². The van der Waals surface area contributed by atoms with E-state index in [2.05, 4.69) is 20.7 Å². The Hall–Kier alpha value is -3.22. The lowest BCUT2D eigenvalue weighted by molar-refractivity contribution is -0.123. The van der Waals surface area contributed by atoms with E-state index in [-0.39, 0.29) is 11.8 Å². The Morgan fingerprint density at radius 1 is 1.10 bits per heavy atom. The van der Waals surface area contributed by atoms with E-state index >= 15 is 0 Å². The fourth-order valence-corrected chi connectivity index (χ4v) is 3.09. The zero-order valence-electron chi connectivity index (χ0n) is 18.2. The molecule has 3 aromatic rings. The molecule has 30 heavy (non-hydrogen) atoms. The summed E-state index contributed by atoms with van der Waals surface area (Å²) in [6, 6.07) is 11.0. The molecule has 2 N–H and O–H groups in total. The maximum atomic E-state index is 12.5. The Morgan fingerprint density at radius 2 is 1.87 bits per heavy atom. The molecule has 0 aliphatic heterocycles. The Bertz CT molecular complexity index is 1080. The third-order valence-electron chi connectivity index (χ3n) is 4.74. The smallest absolute Gasteiger partial charge is 0.251 e. The molecule has 1 aromatic carbocycles. The maximum absolute atomic E-state index is 12.5. The Kier molecular flexibility index (Phi) is 6.20. The number of aromatic nitrogens is 3. The molecule has 2 aromatic heterocycles. The van der Waals surface area contributed by atoms with Crippen LogP contribution in [0.15, 0.2) is 36.4 Å². The summed E-state index contributed by atoms with van der Waals surface area (Å²) in [6.07, 6.45) is 1.53. The van der Waals surface area contributed by atoms with Crippen molar-refractivity contribution < 1.29 is 9.59 Å². The van der Waals surface area contributed by atoms with Crippen LogP contribution in [-0.2, 0) is 11.2 Å². The van der Waals surface area contributed by atoms with Crippen LogP contribution in [0.5, 0.6) is 0 Å². The zero-order valence-corrected chi connectivity index (χ0v) is 18.2. The molecule has 2 amide bonds. The van der Waals surface area contributed by atoms with Crippen molar-refractivity contribution in [2.24, 2.45) is 5.41 Å². The SMILES string of the molecule is Cc1cc(C)n2nc(CCCNC(=O)c3cccc(NC(=O)C(C)(C)C)c3)cc2n1. The van der Waals surface area contributed by atoms with E-state index in [1.807, 2.05) is 51.3 Å². The number of fused-ring (bicyclic) bond motifs is 1. The van der Waals surface area contributed by atoms with Gasteiger partial charge >= 0.3 is 0 Å². The van der Waals surface area contributed by atoms with Gasteiger partial charge in [0.1, 0.15) is 0 Å². The van der Waals surface area contributed by atoms with Gasteiger partial charge in [0.25, 0.3) is 5.91 Å². The summed E-state index contributed by atoms with van der Waals surface area (Å²) in [4.78, 5) is 29.1. The number of nitrogens with zero attached hydrogens (tertiary/aromatic N) is 3. The van der Waals surface area contributed by atoms with Crippen LogP contribution in [-0.4, -0.2) is 33.0 Å². The second-order valence-corrected chi connectivity index (χ2v) is 8.59. The van der Waals surface area contributed by atoms with Crippen LogP contribution >= 0.6 is 0 Å². The molecule has 2 heterocycles. The lowest BCUT2D eigenvalue weighted by atomic mass is 9.95. The molecule has 0 atom stereocenters. The Morgan fingerprint density at radius 3 is 2.60 bits per heavy atom. The average Bonchev–Trinajstić information content (AvgIpc) is 3.07. The van der Waals surface area contributed by atoms with Gasteiger partial charge in [0.2, 0.25) is 5.91 Å². The van der Waals surface area contributed by atoms with E-state index in [0.29, 0.717) is 17.8 Å². The fraction of sp³-hybridized carbons (Fsp3) is 0.391. The molecule has 0 fully saturated rings. The van der Waals surface area contributed by atoms with Crippen molar-refractivity contribution in [2.45, 2.75) is 47.5 Å². The summed E-state index contributed by atoms with van der Waals surface area (Å²) in [5.41, 5.74) is 4.46. The van der Waals surface area contributed by atoms with E-state index in [4.69, 9.17) is 0 Å². The molecule has 158 valence electrons. The lowest BCUT2D eigenvalue weighted by Crippen LogP contribution is -2.28. The molecule has 0 radical (unpaired) electrons. The number of aryl methyl sites for hydroxylation is 3. The molecule has 0 bridgehead atoms. The minimum atomic E-state index is -0.497. The van der Waals surface area contributed by atoms with Gasteiger partial charge in [-0.05, 0) is 51.0 Å². The first-order valence-corrected chi connectivity index (χ1v) is 10.2. The van der Waals surface area contributed by atoms with Gasteiger partial charge in [-0.1, -0.05) is 26.8 Å². The highest BCUT2D eigenvalue weighted by Gasteiger charge is 2.21. The molecule has 0 saturated heterocycles. The number of amides is 2. The summed E-state index contributed by atoms with van der Waals surface area (Å²) in [5.74, 6) is -0.252. The van der Waals surface area contributed by atoms with Crippen molar-refractivity contribution in [2.75, 3.05) is 11.9 Å². The second kappa shape index (κ2) is 8.65. The van der Waals surface area contributed by atoms with Crippen LogP contribution < -0.4 is 10.6 Å². The highest BCUT2D eigenvalue weighted by molar-refractivity contribution is 5.98. The van der Waals surface area contributed by atoms with Crippen molar-refractivity contribution >= 4 is 23.1 Å². The molecule has 0 saturated carbocycles. The molecule has 0 spiro atoms. The molecular formula is C23H29N5O2. The van der Waals surface area contributed by atoms with Crippen molar-refractivity contribution in [3.05, 3.63) is 59.0 Å². The first-order chi connectivity index (χ1) is 14.1. The molecule has 0 aliphatic carbocycles. The van der Waals surface area contributed by atoms with Crippen LogP contribution in [0.3, 0.4) is 0 Å². The van der Waals surface area contributed by atoms with Gasteiger partial charge in [-0.25, -0.2) is 9.50 Å². The first-order valence-electron chi connectivity index (χ1n) is 10.2. The Labute approximate surface area is 176 Å². The van der Waals surface area contributed by atoms with Crippen LogP contribution in [0, 0.1) is 19.3 Å². The second-order valence-electron chi connectivity index (χ2n) is 8.59. The van der Waals surface area contributed by atoms with E-state index in [9.17, 15) is 9.59 Å². The predicted octanol–water partition coefficient (Wildman–Crippen LogP) is 3.69. The number of benzene rings is 1. The normalized spacial score (nSPS) is 11.5. The number of anilines is 1. The van der Waals surface area contributed by atoms with Gasteiger partial charge in [-0.2, -0.15) is 5.10 Å². The summed E-state index contributed by atoms with van der Waals surface area (Å²) in [5, 5.41) is 10.4. The van der Waals surface area contributed by atoms with Crippen molar-refractivity contribution in [1.29, 1.82) is 0 Å². The standard InChI is InChI=1S/C23H29N5O2/c1-15-12-16(2)28-20(25-15)14-19(27-28)10-7-11-24-21(29)17-8-6-9-18(13-17)26-22(30)23(3,4)5/h6,8-9,12-14H,7,10-11H2,1-5H3,(H,24,29)(H,26,30). The van der Waals surface area contributed by atoms with Crippen molar-refractivity contribution in [3.8, 4) is 0 Å². The largest absolute Gasteiger partial charge is 0.352 e. The minimum Gasteiger partial charge on any atom is -0.352 e. The van der Waals surface area contributed by atoms with E-state index < -0.39 is 5.41 Å². The third-order valence-corrected chi connectivity index (χ3v) is 4.74. The average molecular weight is 408 g/mol. The minimum absolute atomic E-state index is 0.0903. The number of nitrogens with one attached hydrogen (secondary N) is 2. The monoisotopic (exact) mass is 407 g/mol. The zero-order chi connectivity index (χ0) is 21.9. The number of carbonyl (C=O) groups is 2. The molecular weight excluding hydrogens is 378 g/mol. The first kappa shape index (κ1) is 21.5. The van der Waals surface area contributed by atoms with Crippen molar-refractivity contribution in [3.63, 3.8) is 0 Å². The summed E-state index contributed by atoms with van der Waals surface area (Å²) in [6.45, 7) is 10.1. The van der Waals surface area contributed by atoms with Crippen LogP contribution in [0.2, 0.25) is 0 Å². The maximum Gasteiger partial charge on any atom is 0.251 e. The van der Waals surface area contributed by atoms with E-state index in [1.165, 1.54) is 0 Å². The number of carbonyl (C=O) groups excluding carboxylic acids is 2. The van der Waals surface area contributed by atoms with Gasteiger partial charge in [-0.3, -0.25) is 9.59 Å². The van der Waals surface area contributed by atoms with Crippen LogP contribution in [0.4, 0.5) is 5.69 Å². The molecule has 0 aliphatic rings. The summed E-state index contributed by atoms with van der Waals surface area (Å²) in [7, 11) is 0. The number of rotatable bonds is 6. The third kappa shape index (κ3) is 5.23. The van der Waals surface area contributed by atoms with Gasteiger partial charge < -0.3 is 10.6 Å². The number of hydrogen-bond acceptors (Lipinski definition) is 4. The Balaban J connectivity index is 1.53. The van der Waals surface area contributed by atoms with E-state index in [0.717, 1.165) is 35.6 Å². The van der Waals surface area contributed by atoms with E-state index in [1.54, 1.807) is 24.3 Å². The highest BCUT2D eigenvalue weighted by Crippen LogP contribution is 2.18. The quantitative estimate of drug-likeness (QED) is 0.610. The molecule has 7 heteroatoms. The molecule has 3 rings (SSSR count). The van der Waals surface area contributed by atoms with Gasteiger partial charge in [0, 0.05) is 40.7 Å². The van der Waals surface area contributed by atoms with Crippen LogP contribution in [0.25, 0.3) is 5.65 Å². The summed E-state index contributed by atoms with van der Waals surface area (Å²) < 4.78 is 1.85. The fourth-order valence-electron chi connectivity index (χ4n) is 3.09. The highest BCUT2D eigenvalue weighted by atomic mass is 16.2.